The van der Waals surface area contributed by atoms with Gasteiger partial charge in [-0.1, -0.05) is 11.6 Å². The van der Waals surface area contributed by atoms with Gasteiger partial charge in [0, 0.05) is 25.4 Å². The van der Waals surface area contributed by atoms with Crippen LogP contribution in [0.2, 0.25) is 5.15 Å². The van der Waals surface area contributed by atoms with E-state index in [0.717, 1.165) is 5.52 Å². The van der Waals surface area contributed by atoms with Crippen LogP contribution in [0.1, 0.15) is 44.2 Å². The highest BCUT2D eigenvalue weighted by Gasteiger charge is 2.36. The number of ketones is 1. The molecule has 3 heterocycles. The highest BCUT2D eigenvalue weighted by atomic mass is 35.5. The Morgan fingerprint density at radius 2 is 2.00 bits per heavy atom. The molecule has 2 aromatic rings. The molecule has 1 saturated heterocycles. The maximum Gasteiger partial charge on any atom is 0.410 e. The maximum absolute atomic E-state index is 12.0. The fourth-order valence-electron chi connectivity index (χ4n) is 2.63. The van der Waals surface area contributed by atoms with E-state index in [1.807, 2.05) is 20.8 Å². The van der Waals surface area contributed by atoms with Crippen LogP contribution in [0.5, 0.6) is 0 Å². The number of likely N-dealkylation sites (tertiary alicyclic amines) is 1. The van der Waals surface area contributed by atoms with Crippen molar-refractivity contribution >= 4 is 34.4 Å². The topological polar surface area (TPSA) is 77.3 Å². The third kappa shape index (κ3) is 3.08. The number of fused-ring (bicyclic) bond motifs is 1. The summed E-state index contributed by atoms with van der Waals surface area (Å²) in [5.74, 6) is -0.135. The number of ether oxygens (including phenoxy) is 1. The number of aromatic nitrogens is 3. The van der Waals surface area contributed by atoms with Gasteiger partial charge in [-0.05, 0) is 26.8 Å². The third-order valence-corrected chi connectivity index (χ3v) is 3.96. The maximum atomic E-state index is 12.0. The van der Waals surface area contributed by atoms with Crippen molar-refractivity contribution in [2.24, 2.45) is 0 Å². The predicted molar refractivity (Wildman–Crippen MR) is 89.4 cm³/mol. The zero-order chi connectivity index (χ0) is 17.6. The molecule has 0 atom stereocenters. The number of carbonyl (C=O) groups is 2. The lowest BCUT2D eigenvalue weighted by atomic mass is 10.1. The lowest BCUT2D eigenvalue weighted by Gasteiger charge is -2.39. The van der Waals surface area contributed by atoms with Crippen molar-refractivity contribution < 1.29 is 14.3 Å². The second-order valence-corrected chi connectivity index (χ2v) is 7.30. The summed E-state index contributed by atoms with van der Waals surface area (Å²) in [6.07, 6.45) is 1.26. The highest BCUT2D eigenvalue weighted by molar-refractivity contribution is 6.30. The number of carbonyl (C=O) groups excluding carboxylic acids is 2. The fourth-order valence-corrected chi connectivity index (χ4v) is 2.79. The van der Waals surface area contributed by atoms with Gasteiger partial charge in [-0.3, -0.25) is 9.48 Å². The first-order chi connectivity index (χ1) is 11.2. The van der Waals surface area contributed by atoms with Crippen molar-refractivity contribution in [3.63, 3.8) is 0 Å². The van der Waals surface area contributed by atoms with Crippen LogP contribution < -0.4 is 0 Å². The Morgan fingerprint density at radius 3 is 2.58 bits per heavy atom. The van der Waals surface area contributed by atoms with Gasteiger partial charge < -0.3 is 9.64 Å². The molecule has 0 radical (unpaired) electrons. The second-order valence-electron chi connectivity index (χ2n) is 6.91. The standard InChI is InChI=1S/C16H19ClN4O3/c1-9(22)14-11-5-13(17)18-6-12(11)21(19-14)10-7-20(8-10)15(23)24-16(2,3)4/h5-6,10H,7-8H2,1-4H3. The number of amides is 1. The lowest BCUT2D eigenvalue weighted by Crippen LogP contribution is -2.52. The van der Waals surface area contributed by atoms with Crippen LogP contribution in [0.25, 0.3) is 10.9 Å². The van der Waals surface area contributed by atoms with Crippen molar-refractivity contribution in [1.29, 1.82) is 0 Å². The van der Waals surface area contributed by atoms with Crippen molar-refractivity contribution in [3.05, 3.63) is 23.1 Å². The molecule has 2 aromatic heterocycles. The fraction of sp³-hybridized carbons (Fsp3) is 0.500. The van der Waals surface area contributed by atoms with Crippen LogP contribution in [0.4, 0.5) is 4.79 Å². The minimum absolute atomic E-state index is 0.0175. The molecule has 0 saturated carbocycles. The van der Waals surface area contributed by atoms with E-state index in [2.05, 4.69) is 10.1 Å². The van der Waals surface area contributed by atoms with Gasteiger partial charge >= 0.3 is 6.09 Å². The molecule has 0 N–H and O–H groups in total. The number of rotatable bonds is 2. The summed E-state index contributed by atoms with van der Waals surface area (Å²) >= 11 is 5.93. The van der Waals surface area contributed by atoms with Gasteiger partial charge in [-0.2, -0.15) is 5.10 Å². The summed E-state index contributed by atoms with van der Waals surface area (Å²) in [6.45, 7) is 7.92. The second kappa shape index (κ2) is 5.73. The number of nitrogens with zero attached hydrogens (tertiary/aromatic N) is 4. The molecule has 7 nitrogen and oxygen atoms in total. The van der Waals surface area contributed by atoms with Gasteiger partial charge in [0.05, 0.1) is 17.8 Å². The van der Waals surface area contributed by atoms with Crippen molar-refractivity contribution in [1.82, 2.24) is 19.7 Å². The monoisotopic (exact) mass is 350 g/mol. The molecule has 0 aromatic carbocycles. The lowest BCUT2D eigenvalue weighted by molar-refractivity contribution is 0.0000913. The van der Waals surface area contributed by atoms with Gasteiger partial charge in [0.25, 0.3) is 0 Å². The summed E-state index contributed by atoms with van der Waals surface area (Å²) in [5.41, 5.74) is 0.576. The Bertz CT molecular complexity index is 819. The molecule has 1 amide bonds. The smallest absolute Gasteiger partial charge is 0.410 e. The summed E-state index contributed by atoms with van der Waals surface area (Å²) in [6, 6.07) is 1.62. The molecule has 0 unspecified atom stereocenters. The summed E-state index contributed by atoms with van der Waals surface area (Å²) in [4.78, 5) is 29.5. The van der Waals surface area contributed by atoms with Crippen LogP contribution in [0.3, 0.4) is 0 Å². The number of hydrogen-bond donors (Lipinski definition) is 0. The van der Waals surface area contributed by atoms with Crippen LogP contribution in [-0.2, 0) is 4.74 Å². The van der Waals surface area contributed by atoms with Crippen molar-refractivity contribution in [3.8, 4) is 0 Å². The molecule has 0 aliphatic carbocycles. The minimum Gasteiger partial charge on any atom is -0.444 e. The van der Waals surface area contributed by atoms with Gasteiger partial charge in [0.1, 0.15) is 16.4 Å². The molecule has 1 fully saturated rings. The molecule has 24 heavy (non-hydrogen) atoms. The van der Waals surface area contributed by atoms with Crippen LogP contribution in [0, 0.1) is 0 Å². The SMILES string of the molecule is CC(=O)c1nn(C2CN(C(=O)OC(C)(C)C)C2)c2cnc(Cl)cc12. The van der Waals surface area contributed by atoms with E-state index < -0.39 is 5.60 Å². The number of halogens is 1. The molecular weight excluding hydrogens is 332 g/mol. The normalized spacial score (nSPS) is 15.5. The summed E-state index contributed by atoms with van der Waals surface area (Å²) in [7, 11) is 0. The van der Waals surface area contributed by atoms with E-state index in [1.165, 1.54) is 6.92 Å². The molecule has 1 aliphatic rings. The first-order valence-corrected chi connectivity index (χ1v) is 8.06. The van der Waals surface area contributed by atoms with Crippen LogP contribution >= 0.6 is 11.6 Å². The summed E-state index contributed by atoms with van der Waals surface area (Å²) in [5, 5.41) is 5.40. The van der Waals surface area contributed by atoms with Crippen LogP contribution in [0.15, 0.2) is 12.3 Å². The van der Waals surface area contributed by atoms with E-state index in [9.17, 15) is 9.59 Å². The number of hydrogen-bond acceptors (Lipinski definition) is 5. The molecular formula is C16H19ClN4O3. The van der Waals surface area contributed by atoms with Crippen molar-refractivity contribution in [2.75, 3.05) is 13.1 Å². The first-order valence-electron chi connectivity index (χ1n) is 7.68. The Labute approximate surface area is 144 Å². The van der Waals surface area contributed by atoms with Crippen molar-refractivity contribution in [2.45, 2.75) is 39.3 Å². The van der Waals surface area contributed by atoms with E-state index in [4.69, 9.17) is 16.3 Å². The Hall–Kier alpha value is -2.15. The first kappa shape index (κ1) is 16.7. The number of pyridine rings is 1. The van der Waals surface area contributed by atoms with Crippen LogP contribution in [-0.4, -0.2) is 50.2 Å². The molecule has 0 spiro atoms. The molecule has 1 aliphatic heterocycles. The van der Waals surface area contributed by atoms with Gasteiger partial charge in [0.2, 0.25) is 0 Å². The molecule has 128 valence electrons. The number of Topliss-reactive ketones (excluding diaryl/α,β-unsaturated/α-hetero) is 1. The molecule has 3 rings (SSSR count). The largest absolute Gasteiger partial charge is 0.444 e. The molecule has 0 bridgehead atoms. The van der Waals surface area contributed by atoms with E-state index >= 15 is 0 Å². The van der Waals surface area contributed by atoms with Gasteiger partial charge in [0.15, 0.2) is 5.78 Å². The zero-order valence-electron chi connectivity index (χ0n) is 14.0. The highest BCUT2D eigenvalue weighted by Crippen LogP contribution is 2.29. The Balaban J connectivity index is 1.83. The Morgan fingerprint density at radius 1 is 1.33 bits per heavy atom. The van der Waals surface area contributed by atoms with E-state index in [1.54, 1.807) is 21.8 Å². The minimum atomic E-state index is -0.525. The Kier molecular flexibility index (Phi) is 3.99. The third-order valence-electron chi connectivity index (χ3n) is 3.75. The van der Waals surface area contributed by atoms with E-state index in [0.29, 0.717) is 29.3 Å². The zero-order valence-corrected chi connectivity index (χ0v) is 14.8. The van der Waals surface area contributed by atoms with E-state index in [-0.39, 0.29) is 17.9 Å². The quantitative estimate of drug-likeness (QED) is 0.614. The summed E-state index contributed by atoms with van der Waals surface area (Å²) < 4.78 is 7.09. The predicted octanol–water partition coefficient (Wildman–Crippen LogP) is 3.08. The molecule has 8 heteroatoms. The average Bonchev–Trinajstić information content (AvgIpc) is 2.73. The van der Waals surface area contributed by atoms with Gasteiger partial charge in [-0.15, -0.1) is 0 Å². The van der Waals surface area contributed by atoms with Gasteiger partial charge in [-0.25, -0.2) is 9.78 Å². The average molecular weight is 351 g/mol.